The van der Waals surface area contributed by atoms with Crippen LogP contribution >= 0.6 is 0 Å². The molecule has 31 heavy (non-hydrogen) atoms. The first-order valence-corrected chi connectivity index (χ1v) is 11.6. The zero-order valence-corrected chi connectivity index (χ0v) is 18.6. The van der Waals surface area contributed by atoms with Crippen LogP contribution in [-0.2, 0) is 14.8 Å². The summed E-state index contributed by atoms with van der Waals surface area (Å²) in [6, 6.07) is 13.8. The molecule has 0 unspecified atom stereocenters. The molecule has 3 rings (SSSR count). The number of para-hydroxylation sites is 1. The van der Waals surface area contributed by atoms with E-state index in [0.29, 0.717) is 31.1 Å². The Kier molecular flexibility index (Phi) is 7.75. The molecule has 0 spiro atoms. The summed E-state index contributed by atoms with van der Waals surface area (Å²) in [6.45, 7) is 1.46. The standard InChI is InChI=1S/C22H28N2O6S/c1-28-19-8-9-21(20(14-19)29-2)31(26,27)23-15-17-10-12-24(13-11-17)22(25)16-30-18-6-4-3-5-7-18/h3-9,14,17,23H,10-13,15-16H2,1-2H3. The van der Waals surface area contributed by atoms with Crippen molar-refractivity contribution in [1.29, 1.82) is 0 Å². The normalized spacial score (nSPS) is 14.8. The van der Waals surface area contributed by atoms with Crippen LogP contribution in [0, 0.1) is 5.92 Å². The van der Waals surface area contributed by atoms with E-state index in [4.69, 9.17) is 14.2 Å². The van der Waals surface area contributed by atoms with E-state index in [2.05, 4.69) is 4.72 Å². The minimum atomic E-state index is -3.73. The van der Waals surface area contributed by atoms with Crippen molar-refractivity contribution in [3.8, 4) is 17.2 Å². The lowest BCUT2D eigenvalue weighted by atomic mass is 9.97. The number of nitrogens with one attached hydrogen (secondary N) is 1. The summed E-state index contributed by atoms with van der Waals surface area (Å²) < 4.78 is 44.0. The molecule has 168 valence electrons. The van der Waals surface area contributed by atoms with Crippen LogP contribution in [-0.4, -0.2) is 59.7 Å². The molecule has 1 N–H and O–H groups in total. The molecule has 0 saturated carbocycles. The highest BCUT2D eigenvalue weighted by atomic mass is 32.2. The van der Waals surface area contributed by atoms with Crippen molar-refractivity contribution in [2.75, 3.05) is 40.5 Å². The average Bonchev–Trinajstić information content (AvgIpc) is 2.81. The van der Waals surface area contributed by atoms with Gasteiger partial charge in [0.15, 0.2) is 6.61 Å². The molecule has 1 aliphatic rings. The zero-order valence-electron chi connectivity index (χ0n) is 17.7. The molecule has 0 atom stereocenters. The number of likely N-dealkylation sites (tertiary alicyclic amines) is 1. The molecule has 1 fully saturated rings. The van der Waals surface area contributed by atoms with Gasteiger partial charge in [-0.1, -0.05) is 18.2 Å². The van der Waals surface area contributed by atoms with E-state index in [-0.39, 0.29) is 29.1 Å². The number of carbonyl (C=O) groups excluding carboxylic acids is 1. The number of carbonyl (C=O) groups is 1. The van der Waals surface area contributed by atoms with Gasteiger partial charge in [-0.25, -0.2) is 13.1 Å². The van der Waals surface area contributed by atoms with E-state index in [0.717, 1.165) is 12.8 Å². The van der Waals surface area contributed by atoms with Gasteiger partial charge in [0.05, 0.1) is 14.2 Å². The highest BCUT2D eigenvalue weighted by Crippen LogP contribution is 2.28. The molecule has 1 saturated heterocycles. The number of methoxy groups -OCH3 is 2. The second-order valence-corrected chi connectivity index (χ2v) is 9.03. The minimum absolute atomic E-state index is 0.00142. The topological polar surface area (TPSA) is 94.2 Å². The lowest BCUT2D eigenvalue weighted by Crippen LogP contribution is -2.43. The number of ether oxygens (including phenoxy) is 3. The van der Waals surface area contributed by atoms with Crippen molar-refractivity contribution in [3.63, 3.8) is 0 Å². The second kappa shape index (κ2) is 10.5. The molecule has 0 radical (unpaired) electrons. The fourth-order valence-corrected chi connectivity index (χ4v) is 4.71. The summed E-state index contributed by atoms with van der Waals surface area (Å²) in [6.07, 6.45) is 1.44. The quantitative estimate of drug-likeness (QED) is 0.633. The van der Waals surface area contributed by atoms with Gasteiger partial charge in [-0.2, -0.15) is 0 Å². The summed E-state index contributed by atoms with van der Waals surface area (Å²) in [7, 11) is -0.803. The van der Waals surface area contributed by atoms with Crippen molar-refractivity contribution >= 4 is 15.9 Å². The monoisotopic (exact) mass is 448 g/mol. The summed E-state index contributed by atoms with van der Waals surface area (Å²) in [5.41, 5.74) is 0. The molecule has 0 bridgehead atoms. The van der Waals surface area contributed by atoms with E-state index >= 15 is 0 Å². The van der Waals surface area contributed by atoms with E-state index in [1.807, 2.05) is 30.3 Å². The molecule has 1 heterocycles. The van der Waals surface area contributed by atoms with Gasteiger partial charge in [0.2, 0.25) is 10.0 Å². The molecule has 1 amide bonds. The van der Waals surface area contributed by atoms with Crippen LogP contribution in [0.1, 0.15) is 12.8 Å². The van der Waals surface area contributed by atoms with Crippen molar-refractivity contribution in [2.24, 2.45) is 5.92 Å². The second-order valence-electron chi connectivity index (χ2n) is 7.29. The molecular weight excluding hydrogens is 420 g/mol. The van der Waals surface area contributed by atoms with Crippen LogP contribution in [0.4, 0.5) is 0 Å². The Morgan fingerprint density at radius 1 is 1.03 bits per heavy atom. The van der Waals surface area contributed by atoms with Gasteiger partial charge in [-0.05, 0) is 43.0 Å². The van der Waals surface area contributed by atoms with Crippen LogP contribution in [0.2, 0.25) is 0 Å². The maximum atomic E-state index is 12.7. The third kappa shape index (κ3) is 6.11. The predicted octanol–water partition coefficient (Wildman–Crippen LogP) is 2.30. The Hall–Kier alpha value is -2.78. The molecule has 0 aliphatic carbocycles. The van der Waals surface area contributed by atoms with Gasteiger partial charge >= 0.3 is 0 Å². The Morgan fingerprint density at radius 3 is 2.39 bits per heavy atom. The zero-order chi connectivity index (χ0) is 22.3. The van der Waals surface area contributed by atoms with Crippen molar-refractivity contribution in [2.45, 2.75) is 17.7 Å². The third-order valence-electron chi connectivity index (χ3n) is 5.30. The molecular formula is C22H28N2O6S. The van der Waals surface area contributed by atoms with Crippen LogP contribution in [0.5, 0.6) is 17.2 Å². The number of piperidine rings is 1. The third-order valence-corrected chi connectivity index (χ3v) is 6.76. The first-order chi connectivity index (χ1) is 14.9. The lowest BCUT2D eigenvalue weighted by molar-refractivity contribution is -0.134. The van der Waals surface area contributed by atoms with Gasteiger partial charge < -0.3 is 19.1 Å². The maximum absolute atomic E-state index is 12.7. The fourth-order valence-electron chi connectivity index (χ4n) is 3.44. The Labute approximate surface area is 183 Å². The highest BCUT2D eigenvalue weighted by molar-refractivity contribution is 7.89. The van der Waals surface area contributed by atoms with Gasteiger partial charge in [-0.15, -0.1) is 0 Å². The molecule has 8 nitrogen and oxygen atoms in total. The van der Waals surface area contributed by atoms with Crippen molar-refractivity contribution < 1.29 is 27.4 Å². The van der Waals surface area contributed by atoms with E-state index < -0.39 is 10.0 Å². The Balaban J connectivity index is 1.48. The molecule has 9 heteroatoms. The van der Waals surface area contributed by atoms with E-state index in [9.17, 15) is 13.2 Å². The molecule has 2 aromatic carbocycles. The Bertz CT molecular complexity index is 973. The summed E-state index contributed by atoms with van der Waals surface area (Å²) >= 11 is 0. The van der Waals surface area contributed by atoms with Crippen LogP contribution in [0.3, 0.4) is 0 Å². The Morgan fingerprint density at radius 2 is 1.74 bits per heavy atom. The van der Waals surface area contributed by atoms with Gasteiger partial charge in [0, 0.05) is 25.7 Å². The SMILES string of the molecule is COc1ccc(S(=O)(=O)NCC2CCN(C(=O)COc3ccccc3)CC2)c(OC)c1. The summed E-state index contributed by atoms with van der Waals surface area (Å²) in [5.74, 6) is 1.49. The van der Waals surface area contributed by atoms with E-state index in [1.54, 1.807) is 11.0 Å². The first-order valence-electron chi connectivity index (χ1n) is 10.1. The number of benzene rings is 2. The summed E-state index contributed by atoms with van der Waals surface area (Å²) in [4.78, 5) is 14.2. The van der Waals surface area contributed by atoms with E-state index in [1.165, 1.54) is 26.4 Å². The van der Waals surface area contributed by atoms with Crippen molar-refractivity contribution in [3.05, 3.63) is 48.5 Å². The molecule has 0 aromatic heterocycles. The lowest BCUT2D eigenvalue weighted by Gasteiger charge is -2.32. The first kappa shape index (κ1) is 22.9. The summed E-state index contributed by atoms with van der Waals surface area (Å²) in [5, 5.41) is 0. The van der Waals surface area contributed by atoms with Crippen LogP contribution in [0.25, 0.3) is 0 Å². The highest BCUT2D eigenvalue weighted by Gasteiger charge is 2.26. The van der Waals surface area contributed by atoms with Crippen molar-refractivity contribution in [1.82, 2.24) is 9.62 Å². The molecule has 2 aromatic rings. The van der Waals surface area contributed by atoms with Gasteiger partial charge in [0.1, 0.15) is 22.1 Å². The molecule has 1 aliphatic heterocycles. The average molecular weight is 449 g/mol. The van der Waals surface area contributed by atoms with Crippen LogP contribution < -0.4 is 18.9 Å². The number of rotatable bonds is 9. The number of hydrogen-bond acceptors (Lipinski definition) is 6. The predicted molar refractivity (Wildman–Crippen MR) is 116 cm³/mol. The largest absolute Gasteiger partial charge is 0.497 e. The number of sulfonamides is 1. The number of nitrogens with zero attached hydrogens (tertiary/aromatic N) is 1. The van der Waals surface area contributed by atoms with Gasteiger partial charge in [0.25, 0.3) is 5.91 Å². The van der Waals surface area contributed by atoms with Gasteiger partial charge in [-0.3, -0.25) is 4.79 Å². The number of amides is 1. The minimum Gasteiger partial charge on any atom is -0.497 e. The smallest absolute Gasteiger partial charge is 0.260 e. The fraction of sp³-hybridized carbons (Fsp3) is 0.409. The maximum Gasteiger partial charge on any atom is 0.260 e. The van der Waals surface area contributed by atoms with Crippen LogP contribution in [0.15, 0.2) is 53.4 Å². The number of hydrogen-bond donors (Lipinski definition) is 1.